The Morgan fingerprint density at radius 1 is 1.07 bits per heavy atom. The van der Waals surface area contributed by atoms with Crippen molar-refractivity contribution < 1.29 is 47.9 Å². The van der Waals surface area contributed by atoms with Crippen LogP contribution in [0.2, 0.25) is 6.04 Å². The Labute approximate surface area is 120 Å². The molecule has 0 aromatic rings. The van der Waals surface area contributed by atoms with E-state index in [-0.39, 0.29) is 40.7 Å². The van der Waals surface area contributed by atoms with E-state index in [1.54, 1.807) is 0 Å². The van der Waals surface area contributed by atoms with Crippen LogP contribution in [0.1, 0.15) is 20.8 Å². The Morgan fingerprint density at radius 3 is 1.60 bits per heavy atom. The van der Waals surface area contributed by atoms with Crippen LogP contribution in [-0.2, 0) is 13.3 Å². The predicted molar refractivity (Wildman–Crippen MR) is 58.0 cm³/mol. The molecule has 0 N–H and O–H groups in total. The van der Waals surface area contributed by atoms with Gasteiger partial charge in [0.2, 0.25) is 0 Å². The quantitative estimate of drug-likeness (QED) is 0.364. The Bertz CT molecular complexity index is 165. The van der Waals surface area contributed by atoms with Crippen LogP contribution in [-0.4, -0.2) is 33.7 Å². The Morgan fingerprint density at radius 2 is 1.40 bits per heavy atom. The van der Waals surface area contributed by atoms with Gasteiger partial charge in [0.1, 0.15) is 0 Å². The molecule has 0 aliphatic carbocycles. The zero-order valence-electron chi connectivity index (χ0n) is 9.87. The van der Waals surface area contributed by atoms with Gasteiger partial charge >= 0.3 is 38.4 Å². The molecular formula is C8H17NaO4SSi. The monoisotopic (exact) mass is 260 g/mol. The molecule has 0 rings (SSSR count). The summed E-state index contributed by atoms with van der Waals surface area (Å²) in [6.45, 7) is 6.92. The van der Waals surface area contributed by atoms with Crippen LogP contribution in [0, 0.1) is 0 Å². The molecule has 7 heteroatoms. The molecular weight excluding hydrogens is 243 g/mol. The van der Waals surface area contributed by atoms with Gasteiger partial charge in [-0.15, -0.1) is 12.2 Å². The van der Waals surface area contributed by atoms with Crippen LogP contribution >= 0.6 is 12.2 Å². The van der Waals surface area contributed by atoms with Crippen molar-refractivity contribution in [2.75, 3.05) is 19.8 Å². The molecule has 0 aliphatic rings. The summed E-state index contributed by atoms with van der Waals surface area (Å²) in [5.41, 5.74) is 0. The fraction of sp³-hybridized carbons (Fsp3) is 0.875. The number of rotatable bonds is 8. The summed E-state index contributed by atoms with van der Waals surface area (Å²) in [6, 6.07) is 0.0812. The van der Waals surface area contributed by atoms with Gasteiger partial charge in [-0.2, -0.15) is 0 Å². The van der Waals surface area contributed by atoms with E-state index in [1.165, 1.54) is 0 Å². The molecule has 0 aromatic heterocycles. The van der Waals surface area contributed by atoms with Crippen molar-refractivity contribution >= 4 is 26.1 Å². The molecule has 0 saturated carbocycles. The summed E-state index contributed by atoms with van der Waals surface area (Å²) in [5.74, 6) is 0. The van der Waals surface area contributed by atoms with Gasteiger partial charge in [-0.25, -0.2) is 0 Å². The Kier molecular flexibility index (Phi) is 12.4. The van der Waals surface area contributed by atoms with Gasteiger partial charge in [-0.05, 0) is 20.8 Å². The third kappa shape index (κ3) is 7.81. The molecule has 0 spiro atoms. The molecule has 0 bridgehead atoms. The standard InChI is InChI=1S/C8H18O4SSi.Na/c1-4-10-14(11-5-2,12-6-3)7-8(9)13;/h4-7H2,1-3H3,(H,9,13);/q;+1/p-1. The van der Waals surface area contributed by atoms with Crippen molar-refractivity contribution in [2.45, 2.75) is 26.8 Å². The summed E-state index contributed by atoms with van der Waals surface area (Å²) in [7, 11) is -2.81. The van der Waals surface area contributed by atoms with Crippen LogP contribution in [0.3, 0.4) is 0 Å². The molecule has 0 saturated heterocycles. The second kappa shape index (κ2) is 10.2. The minimum Gasteiger partial charge on any atom is -0.868 e. The SMILES string of the molecule is CCO[Si](CC([O-])=S)(OCC)OCC.[Na+]. The molecule has 0 radical (unpaired) electrons. The van der Waals surface area contributed by atoms with Gasteiger partial charge in [-0.1, -0.05) is 5.05 Å². The topological polar surface area (TPSA) is 50.8 Å². The fourth-order valence-corrected chi connectivity index (χ4v) is 3.87. The van der Waals surface area contributed by atoms with Gasteiger partial charge in [0.15, 0.2) is 0 Å². The maximum atomic E-state index is 10.9. The Hall–Kier alpha value is 0.987. The average Bonchev–Trinajstić information content (AvgIpc) is 2.03. The fourth-order valence-electron chi connectivity index (χ4n) is 1.11. The second-order valence-corrected chi connectivity index (χ2v) is 5.57. The maximum absolute atomic E-state index is 10.9. The van der Waals surface area contributed by atoms with Crippen LogP contribution < -0.4 is 34.7 Å². The molecule has 0 heterocycles. The summed E-state index contributed by atoms with van der Waals surface area (Å²) in [6.07, 6.45) is 0. The van der Waals surface area contributed by atoms with E-state index < -0.39 is 8.80 Å². The first-order chi connectivity index (χ1) is 6.60. The van der Waals surface area contributed by atoms with E-state index in [9.17, 15) is 5.11 Å². The number of hydrogen-bond acceptors (Lipinski definition) is 5. The number of hydrogen-bond donors (Lipinski definition) is 0. The van der Waals surface area contributed by atoms with E-state index in [0.717, 1.165) is 0 Å². The summed E-state index contributed by atoms with van der Waals surface area (Å²) < 4.78 is 16.3. The average molecular weight is 260 g/mol. The molecule has 15 heavy (non-hydrogen) atoms. The van der Waals surface area contributed by atoms with Gasteiger partial charge in [0, 0.05) is 25.9 Å². The smallest absolute Gasteiger partial charge is 0.868 e. The van der Waals surface area contributed by atoms with Crippen molar-refractivity contribution in [1.82, 2.24) is 0 Å². The van der Waals surface area contributed by atoms with Gasteiger partial charge < -0.3 is 18.4 Å². The maximum Gasteiger partial charge on any atom is 1.00 e. The minimum absolute atomic E-state index is 0. The molecule has 0 fully saturated rings. The third-order valence-corrected chi connectivity index (χ3v) is 4.79. The molecule has 4 nitrogen and oxygen atoms in total. The summed E-state index contributed by atoms with van der Waals surface area (Å²) in [5, 5.41) is 10.5. The molecule has 0 amide bonds. The summed E-state index contributed by atoms with van der Waals surface area (Å²) in [4.78, 5) is 0. The third-order valence-electron chi connectivity index (χ3n) is 1.45. The van der Waals surface area contributed by atoms with Crippen molar-refractivity contribution in [1.29, 1.82) is 0 Å². The van der Waals surface area contributed by atoms with Crippen molar-refractivity contribution in [3.63, 3.8) is 0 Å². The van der Waals surface area contributed by atoms with Crippen LogP contribution in [0.25, 0.3) is 0 Å². The van der Waals surface area contributed by atoms with Crippen LogP contribution in [0.15, 0.2) is 0 Å². The second-order valence-electron chi connectivity index (χ2n) is 2.53. The summed E-state index contributed by atoms with van der Waals surface area (Å²) >= 11 is 4.53. The molecule has 84 valence electrons. The van der Waals surface area contributed by atoms with Gasteiger partial charge in [-0.3, -0.25) is 0 Å². The predicted octanol–water partition coefficient (Wildman–Crippen LogP) is -2.27. The van der Waals surface area contributed by atoms with E-state index in [0.29, 0.717) is 19.8 Å². The van der Waals surface area contributed by atoms with Crippen LogP contribution in [0.4, 0.5) is 0 Å². The molecule has 0 unspecified atom stereocenters. The normalized spacial score (nSPS) is 10.9. The van der Waals surface area contributed by atoms with E-state index in [4.69, 9.17) is 13.3 Å². The number of thiocarbonyl (C=S) groups is 1. The van der Waals surface area contributed by atoms with Crippen molar-refractivity contribution in [2.24, 2.45) is 0 Å². The van der Waals surface area contributed by atoms with Gasteiger partial charge in [0.25, 0.3) is 0 Å². The molecule has 0 aromatic carbocycles. The van der Waals surface area contributed by atoms with Crippen LogP contribution in [0.5, 0.6) is 0 Å². The largest absolute Gasteiger partial charge is 1.00 e. The zero-order chi connectivity index (χ0) is 11.0. The Balaban J connectivity index is 0. The van der Waals surface area contributed by atoms with Gasteiger partial charge in [0.05, 0.1) is 0 Å². The van der Waals surface area contributed by atoms with E-state index in [1.807, 2.05) is 20.8 Å². The van der Waals surface area contributed by atoms with E-state index >= 15 is 0 Å². The molecule has 0 atom stereocenters. The van der Waals surface area contributed by atoms with Crippen molar-refractivity contribution in [3.8, 4) is 0 Å². The first-order valence-corrected chi connectivity index (χ1v) is 7.06. The molecule has 0 aliphatic heterocycles. The first kappa shape index (κ1) is 18.4. The van der Waals surface area contributed by atoms with E-state index in [2.05, 4.69) is 12.2 Å². The zero-order valence-corrected chi connectivity index (χ0v) is 13.7. The van der Waals surface area contributed by atoms with Crippen molar-refractivity contribution in [3.05, 3.63) is 0 Å². The minimum atomic E-state index is -2.81. The first-order valence-electron chi connectivity index (χ1n) is 4.72.